The molecule has 1 saturated carbocycles. The molecule has 3 aromatic rings. The summed E-state index contributed by atoms with van der Waals surface area (Å²) in [6, 6.07) is 2.71. The fourth-order valence-corrected chi connectivity index (χ4v) is 6.95. The minimum atomic E-state index is -1.21. The monoisotopic (exact) mass is 584 g/mol. The van der Waals surface area contributed by atoms with Gasteiger partial charge in [-0.3, -0.25) is 14.5 Å². The normalized spacial score (nSPS) is 22.5. The first-order chi connectivity index (χ1) is 19.1. The number of carbonyl (C=O) groups excluding carboxylic acids is 2. The van der Waals surface area contributed by atoms with Crippen LogP contribution >= 0.6 is 23.3 Å². The van der Waals surface area contributed by atoms with Gasteiger partial charge in [0.15, 0.2) is 11.3 Å². The number of amides is 2. The maximum absolute atomic E-state index is 13.3. The Balaban J connectivity index is 1.20. The van der Waals surface area contributed by atoms with Gasteiger partial charge in [0.1, 0.15) is 36.0 Å². The van der Waals surface area contributed by atoms with Crippen LogP contribution < -0.4 is 15.6 Å². The van der Waals surface area contributed by atoms with Gasteiger partial charge in [0.05, 0.1) is 6.20 Å². The number of nitrogen functional groups attached to an aromatic ring is 1. The predicted octanol–water partition coefficient (Wildman–Crippen LogP) is 0.404. The van der Waals surface area contributed by atoms with Crippen molar-refractivity contribution in [1.82, 2.24) is 29.2 Å². The highest BCUT2D eigenvalue weighted by Crippen LogP contribution is 2.42. The minimum absolute atomic E-state index is 0.00164. The zero-order valence-corrected chi connectivity index (χ0v) is 23.2. The van der Waals surface area contributed by atoms with Crippen LogP contribution in [0.5, 0.6) is 0 Å². The third kappa shape index (κ3) is 4.66. The maximum Gasteiger partial charge on any atom is 0.352 e. The lowest BCUT2D eigenvalue weighted by Gasteiger charge is -2.49. The molecule has 14 nitrogen and oxygen atoms in total. The number of nitrogens with two attached hydrogens (primary N) is 1. The highest BCUT2D eigenvalue weighted by atomic mass is 32.2. The van der Waals surface area contributed by atoms with E-state index in [0.29, 0.717) is 11.3 Å². The number of aromatic nitrogens is 5. The molecule has 0 bridgehead atoms. The largest absolute Gasteiger partial charge is 0.477 e. The van der Waals surface area contributed by atoms with Gasteiger partial charge < -0.3 is 21.0 Å². The van der Waals surface area contributed by atoms with Crippen molar-refractivity contribution in [3.05, 3.63) is 47.8 Å². The van der Waals surface area contributed by atoms with E-state index in [-0.39, 0.29) is 40.4 Å². The van der Waals surface area contributed by atoms with Gasteiger partial charge in [-0.05, 0) is 24.3 Å². The summed E-state index contributed by atoms with van der Waals surface area (Å²) < 4.78 is 7.63. The molecule has 4 N–H and O–H groups in total. The molecule has 2 amide bonds. The minimum Gasteiger partial charge on any atom is -0.477 e. The van der Waals surface area contributed by atoms with Gasteiger partial charge in [0.25, 0.3) is 11.8 Å². The highest BCUT2D eigenvalue weighted by Gasteiger charge is 2.54. The molecule has 2 atom stereocenters. The molecular weight excluding hydrogens is 558 g/mol. The molecule has 16 heteroatoms. The van der Waals surface area contributed by atoms with E-state index in [2.05, 4.69) is 38.8 Å². The van der Waals surface area contributed by atoms with E-state index in [4.69, 9.17) is 10.6 Å². The number of oxime groups is 1. The number of nitrogens with zero attached hydrogens (tertiary/aromatic N) is 7. The summed E-state index contributed by atoms with van der Waals surface area (Å²) in [5.41, 5.74) is 6.95. The van der Waals surface area contributed by atoms with E-state index >= 15 is 0 Å². The number of fused-ring (bicyclic) bond motifs is 2. The van der Waals surface area contributed by atoms with E-state index in [1.54, 1.807) is 29.2 Å². The van der Waals surface area contributed by atoms with Crippen molar-refractivity contribution < 1.29 is 28.9 Å². The number of carboxylic acids is 1. The summed E-state index contributed by atoms with van der Waals surface area (Å²) in [5.74, 6) is -2.08. The molecule has 208 valence electrons. The van der Waals surface area contributed by atoms with Crippen LogP contribution in [0, 0.1) is 5.41 Å². The Labute approximate surface area is 236 Å². The van der Waals surface area contributed by atoms with Crippen LogP contribution in [0.2, 0.25) is 0 Å². The molecule has 0 spiro atoms. The lowest BCUT2D eigenvalue weighted by Crippen LogP contribution is -2.71. The first-order valence-corrected chi connectivity index (χ1v) is 14.3. The number of carboxylic acid groups (broad SMARTS) is 1. The number of β-lactam (4-membered cyclic amide) rings is 1. The third-order valence-electron chi connectivity index (χ3n) is 7.06. The van der Waals surface area contributed by atoms with E-state index < -0.39 is 29.2 Å². The fraction of sp³-hybridized carbons (Fsp3) is 0.417. The topological polar surface area (TPSA) is 181 Å². The molecule has 2 aliphatic heterocycles. The van der Waals surface area contributed by atoms with Crippen molar-refractivity contribution in [3.8, 4) is 0 Å². The first-order valence-electron chi connectivity index (χ1n) is 12.5. The molecule has 0 aromatic carbocycles. The Hall–Kier alpha value is -4.05. The number of hydrogen-bond donors (Lipinski definition) is 3. The molecule has 0 unspecified atom stereocenters. The molecule has 5 heterocycles. The predicted molar refractivity (Wildman–Crippen MR) is 144 cm³/mol. The molecule has 6 rings (SSSR count). The lowest BCUT2D eigenvalue weighted by atomic mass is 9.70. The van der Waals surface area contributed by atoms with Crippen LogP contribution in [0.15, 0.2) is 47.1 Å². The Morgan fingerprint density at radius 3 is 2.88 bits per heavy atom. The van der Waals surface area contributed by atoms with Crippen LogP contribution in [0.4, 0.5) is 5.13 Å². The van der Waals surface area contributed by atoms with E-state index in [9.17, 15) is 19.5 Å². The summed E-state index contributed by atoms with van der Waals surface area (Å²) in [6.07, 6.45) is 6.66. The van der Waals surface area contributed by atoms with Crippen molar-refractivity contribution in [3.63, 3.8) is 0 Å². The van der Waals surface area contributed by atoms with Crippen LogP contribution in [0.1, 0.15) is 32.5 Å². The summed E-state index contributed by atoms with van der Waals surface area (Å²) in [5, 5.41) is 20.6. The summed E-state index contributed by atoms with van der Waals surface area (Å²) in [7, 11) is 0. The zero-order chi connectivity index (χ0) is 28.2. The molecule has 1 aliphatic carbocycles. The standard InChI is InChI=1S/C24H25N9O5S2/c1-24(2)8-13(9-24)38-29-15(18-28-23(25)40-30-18)19(34)27-16-20(35)33-17(22(36)37)12(11-39-21(16)33)10-31-6-7-32-14(31)4-3-5-26-32/h3-7,13,16,21H,8-11H2,1-2H3,(H3-,25,27,28,30,34,36,37)/p+1/b29-15-/t16-,21-/m1/s1. The Kier molecular flexibility index (Phi) is 6.45. The molecule has 3 aliphatic rings. The number of imidazole rings is 1. The highest BCUT2D eigenvalue weighted by molar-refractivity contribution is 8.00. The maximum atomic E-state index is 13.3. The summed E-state index contributed by atoms with van der Waals surface area (Å²) in [4.78, 5) is 49.7. The molecule has 40 heavy (non-hydrogen) atoms. The number of aliphatic carboxylic acids is 1. The average molecular weight is 585 g/mol. The Bertz CT molecular complexity index is 1590. The van der Waals surface area contributed by atoms with Crippen molar-refractivity contribution >= 4 is 57.6 Å². The number of rotatable bonds is 8. The van der Waals surface area contributed by atoms with Gasteiger partial charge in [-0.25, -0.2) is 9.36 Å². The lowest BCUT2D eigenvalue weighted by molar-refractivity contribution is -0.662. The van der Waals surface area contributed by atoms with Crippen LogP contribution in [0.25, 0.3) is 5.65 Å². The fourth-order valence-electron chi connectivity index (χ4n) is 5.18. The molecular formula is C24H26N9O5S2+. The van der Waals surface area contributed by atoms with Gasteiger partial charge in [-0.15, -0.1) is 16.3 Å². The Morgan fingerprint density at radius 2 is 2.17 bits per heavy atom. The summed E-state index contributed by atoms with van der Waals surface area (Å²) >= 11 is 2.29. The number of nitrogens with one attached hydrogen (secondary N) is 1. The third-order valence-corrected chi connectivity index (χ3v) is 8.94. The second-order valence-electron chi connectivity index (χ2n) is 10.6. The van der Waals surface area contributed by atoms with Crippen molar-refractivity contribution in [1.29, 1.82) is 0 Å². The first kappa shape index (κ1) is 26.2. The Morgan fingerprint density at radius 1 is 1.38 bits per heavy atom. The quantitative estimate of drug-likeness (QED) is 0.145. The van der Waals surface area contributed by atoms with Crippen molar-refractivity contribution in [2.24, 2.45) is 10.6 Å². The van der Waals surface area contributed by atoms with Gasteiger partial charge in [-0.1, -0.05) is 24.1 Å². The average Bonchev–Trinajstić information content (AvgIpc) is 3.52. The number of thioether (sulfide) groups is 1. The second kappa shape index (κ2) is 9.85. The van der Waals surface area contributed by atoms with Crippen molar-refractivity contribution in [2.45, 2.75) is 50.8 Å². The number of hydrogen-bond acceptors (Lipinski definition) is 11. The zero-order valence-electron chi connectivity index (χ0n) is 21.6. The van der Waals surface area contributed by atoms with Crippen LogP contribution in [-0.4, -0.2) is 75.7 Å². The van der Waals surface area contributed by atoms with E-state index in [1.807, 2.05) is 10.6 Å². The van der Waals surface area contributed by atoms with Gasteiger partial charge in [-0.2, -0.15) is 9.36 Å². The molecule has 1 saturated heterocycles. The molecule has 3 aromatic heterocycles. The van der Waals surface area contributed by atoms with Gasteiger partial charge in [0, 0.05) is 28.9 Å². The number of carbonyl (C=O) groups is 3. The van der Waals surface area contributed by atoms with Gasteiger partial charge in [0.2, 0.25) is 11.5 Å². The van der Waals surface area contributed by atoms with Crippen molar-refractivity contribution in [2.75, 3.05) is 11.5 Å². The molecule has 2 fully saturated rings. The van der Waals surface area contributed by atoms with Crippen LogP contribution in [-0.2, 0) is 25.8 Å². The number of anilines is 1. The summed E-state index contributed by atoms with van der Waals surface area (Å²) in [6.45, 7) is 4.50. The van der Waals surface area contributed by atoms with E-state index in [0.717, 1.165) is 30.0 Å². The smallest absolute Gasteiger partial charge is 0.352 e. The second-order valence-corrected chi connectivity index (χ2v) is 12.5. The van der Waals surface area contributed by atoms with Crippen LogP contribution in [0.3, 0.4) is 0 Å². The SMILES string of the molecule is CC1(C)CC(O/N=C(\C(=O)N[C@@H]2C(=O)N3C(C(=O)O)=C(C[n+]4ccn5ncccc54)CS[C@H]23)c2nsc(N)n2)C1. The molecule has 0 radical (unpaired) electrons. The van der Waals surface area contributed by atoms with Gasteiger partial charge >= 0.3 is 11.6 Å². The van der Waals surface area contributed by atoms with E-state index in [1.165, 1.54) is 16.7 Å².